The SMILES string of the molecule is c1ccc2c(c1)Oc1cc(-c3cccc4c3ccc3cc5ccccc5cc34)cc3cccc-2c13. The molecule has 0 spiro atoms. The molecule has 0 fully saturated rings. The number of ether oxygens (including phenoxy) is 1. The summed E-state index contributed by atoms with van der Waals surface area (Å²) in [6.07, 6.45) is 0. The molecule has 0 aromatic heterocycles. The Morgan fingerprint density at radius 1 is 0.371 bits per heavy atom. The predicted octanol–water partition coefficient (Wildman–Crippen LogP) is 9.74. The second-order valence-corrected chi connectivity index (χ2v) is 9.36. The average molecular weight is 445 g/mol. The zero-order valence-electron chi connectivity index (χ0n) is 19.0. The third-order valence-electron chi connectivity index (χ3n) is 7.39. The van der Waals surface area contributed by atoms with Gasteiger partial charge in [0.15, 0.2) is 0 Å². The van der Waals surface area contributed by atoms with Crippen LogP contribution in [-0.4, -0.2) is 0 Å². The van der Waals surface area contributed by atoms with Gasteiger partial charge in [0.25, 0.3) is 0 Å². The van der Waals surface area contributed by atoms with Gasteiger partial charge in [0.1, 0.15) is 11.5 Å². The number of fused-ring (bicyclic) bond motifs is 6. The van der Waals surface area contributed by atoms with Gasteiger partial charge in [-0.3, -0.25) is 0 Å². The lowest BCUT2D eigenvalue weighted by molar-refractivity contribution is 0.487. The maximum atomic E-state index is 6.44. The van der Waals surface area contributed by atoms with E-state index in [1.165, 1.54) is 59.8 Å². The molecule has 0 atom stereocenters. The monoisotopic (exact) mass is 444 g/mol. The quantitative estimate of drug-likeness (QED) is 0.181. The Morgan fingerprint density at radius 3 is 2.06 bits per heavy atom. The van der Waals surface area contributed by atoms with Crippen molar-refractivity contribution in [3.05, 3.63) is 121 Å². The first-order valence-corrected chi connectivity index (χ1v) is 12.0. The minimum atomic E-state index is 0.917. The molecular formula is C34H20O. The van der Waals surface area contributed by atoms with E-state index in [1.807, 2.05) is 6.07 Å². The van der Waals surface area contributed by atoms with Crippen molar-refractivity contribution in [1.82, 2.24) is 0 Å². The van der Waals surface area contributed by atoms with Crippen LogP contribution in [0.5, 0.6) is 11.5 Å². The van der Waals surface area contributed by atoms with Gasteiger partial charge in [-0.15, -0.1) is 0 Å². The van der Waals surface area contributed by atoms with E-state index in [9.17, 15) is 0 Å². The molecule has 1 aliphatic rings. The van der Waals surface area contributed by atoms with Gasteiger partial charge < -0.3 is 4.74 Å². The molecule has 7 aromatic rings. The highest BCUT2D eigenvalue weighted by Gasteiger charge is 2.21. The van der Waals surface area contributed by atoms with Crippen LogP contribution in [-0.2, 0) is 0 Å². The second kappa shape index (κ2) is 6.94. The fraction of sp³-hybridized carbons (Fsp3) is 0. The molecular weight excluding hydrogens is 424 g/mol. The summed E-state index contributed by atoms with van der Waals surface area (Å²) in [5.74, 6) is 1.84. The van der Waals surface area contributed by atoms with Crippen molar-refractivity contribution < 1.29 is 4.74 Å². The summed E-state index contributed by atoms with van der Waals surface area (Å²) in [6.45, 7) is 0. The first-order valence-electron chi connectivity index (χ1n) is 12.0. The van der Waals surface area contributed by atoms with Crippen LogP contribution in [0.15, 0.2) is 121 Å². The molecule has 1 heterocycles. The van der Waals surface area contributed by atoms with Gasteiger partial charge in [0.2, 0.25) is 0 Å². The van der Waals surface area contributed by atoms with Crippen LogP contribution in [0.25, 0.3) is 65.3 Å². The molecule has 1 aliphatic heterocycles. The summed E-state index contributed by atoms with van der Waals surface area (Å²) in [5, 5.41) is 10.0. The van der Waals surface area contributed by atoms with Crippen molar-refractivity contribution in [1.29, 1.82) is 0 Å². The molecule has 1 heteroatoms. The molecule has 162 valence electrons. The molecule has 8 rings (SSSR count). The molecule has 0 bridgehead atoms. The van der Waals surface area contributed by atoms with Crippen LogP contribution in [0.3, 0.4) is 0 Å². The first kappa shape index (κ1) is 18.8. The number of rotatable bonds is 1. The highest BCUT2D eigenvalue weighted by atomic mass is 16.5. The molecule has 0 unspecified atom stereocenters. The summed E-state index contributed by atoms with van der Waals surface area (Å²) in [4.78, 5) is 0. The smallest absolute Gasteiger partial charge is 0.136 e. The molecule has 0 N–H and O–H groups in total. The van der Waals surface area contributed by atoms with E-state index in [2.05, 4.69) is 115 Å². The van der Waals surface area contributed by atoms with Crippen molar-refractivity contribution >= 4 is 43.1 Å². The molecule has 0 amide bonds. The van der Waals surface area contributed by atoms with E-state index < -0.39 is 0 Å². The Labute approximate surface area is 202 Å². The molecule has 0 saturated carbocycles. The molecule has 0 aliphatic carbocycles. The zero-order chi connectivity index (χ0) is 22.9. The van der Waals surface area contributed by atoms with Crippen molar-refractivity contribution in [3.8, 4) is 33.8 Å². The Hall–Kier alpha value is -4.62. The fourth-order valence-electron chi connectivity index (χ4n) is 5.78. The summed E-state index contributed by atoms with van der Waals surface area (Å²) < 4.78 is 6.44. The lowest BCUT2D eigenvalue weighted by Crippen LogP contribution is -1.97. The summed E-state index contributed by atoms with van der Waals surface area (Å²) in [6, 6.07) is 43.7. The average Bonchev–Trinajstić information content (AvgIpc) is 2.91. The largest absolute Gasteiger partial charge is 0.456 e. The number of para-hydroxylation sites is 1. The van der Waals surface area contributed by atoms with Gasteiger partial charge in [-0.25, -0.2) is 0 Å². The predicted molar refractivity (Wildman–Crippen MR) is 147 cm³/mol. The van der Waals surface area contributed by atoms with Crippen LogP contribution >= 0.6 is 0 Å². The van der Waals surface area contributed by atoms with Gasteiger partial charge in [0, 0.05) is 10.9 Å². The highest BCUT2D eigenvalue weighted by Crippen LogP contribution is 2.48. The van der Waals surface area contributed by atoms with Crippen molar-refractivity contribution in [2.75, 3.05) is 0 Å². The Bertz CT molecular complexity index is 1980. The van der Waals surface area contributed by atoms with Crippen molar-refractivity contribution in [2.45, 2.75) is 0 Å². The van der Waals surface area contributed by atoms with Crippen molar-refractivity contribution in [2.24, 2.45) is 0 Å². The second-order valence-electron chi connectivity index (χ2n) is 9.36. The Morgan fingerprint density at radius 2 is 1.11 bits per heavy atom. The normalized spacial score (nSPS) is 12.2. The van der Waals surface area contributed by atoms with Crippen LogP contribution < -0.4 is 4.74 Å². The summed E-state index contributed by atoms with van der Waals surface area (Å²) >= 11 is 0. The van der Waals surface area contributed by atoms with Crippen LogP contribution in [0.4, 0.5) is 0 Å². The standard InChI is InChI=1S/C34H20O/c1-2-8-22-19-31-23(17-21(22)7-1)15-16-28-26(11-6-12-27(28)31)25-18-24-9-5-13-30-29-10-3-4-14-32(29)35-33(20-25)34(24)30/h1-20H. The fourth-order valence-corrected chi connectivity index (χ4v) is 5.78. The molecule has 35 heavy (non-hydrogen) atoms. The van der Waals surface area contributed by atoms with Gasteiger partial charge in [-0.1, -0.05) is 91.0 Å². The van der Waals surface area contributed by atoms with E-state index in [-0.39, 0.29) is 0 Å². The van der Waals surface area contributed by atoms with Gasteiger partial charge in [0.05, 0.1) is 0 Å². The number of benzene rings is 7. The third-order valence-corrected chi connectivity index (χ3v) is 7.39. The summed E-state index contributed by atoms with van der Waals surface area (Å²) in [5.41, 5.74) is 4.79. The maximum absolute atomic E-state index is 6.44. The van der Waals surface area contributed by atoms with Crippen LogP contribution in [0.2, 0.25) is 0 Å². The molecule has 0 radical (unpaired) electrons. The first-order chi connectivity index (χ1) is 17.3. The number of hydrogen-bond donors (Lipinski definition) is 0. The number of hydrogen-bond acceptors (Lipinski definition) is 1. The van der Waals surface area contributed by atoms with Crippen molar-refractivity contribution in [3.63, 3.8) is 0 Å². The lowest BCUT2D eigenvalue weighted by Gasteiger charge is -2.22. The maximum Gasteiger partial charge on any atom is 0.136 e. The van der Waals surface area contributed by atoms with E-state index >= 15 is 0 Å². The Kier molecular flexibility index (Phi) is 3.72. The topological polar surface area (TPSA) is 9.23 Å². The minimum absolute atomic E-state index is 0.917. The van der Waals surface area contributed by atoms with E-state index in [0.29, 0.717) is 0 Å². The zero-order valence-corrected chi connectivity index (χ0v) is 19.0. The van der Waals surface area contributed by atoms with E-state index in [1.54, 1.807) is 0 Å². The molecule has 0 saturated heterocycles. The van der Waals surface area contributed by atoms with E-state index in [0.717, 1.165) is 17.1 Å². The molecule has 7 aromatic carbocycles. The lowest BCUT2D eigenvalue weighted by atomic mass is 9.90. The highest BCUT2D eigenvalue weighted by molar-refractivity contribution is 6.16. The Balaban J connectivity index is 1.40. The van der Waals surface area contributed by atoms with E-state index in [4.69, 9.17) is 4.74 Å². The minimum Gasteiger partial charge on any atom is -0.456 e. The van der Waals surface area contributed by atoms with Gasteiger partial charge in [-0.2, -0.15) is 0 Å². The van der Waals surface area contributed by atoms with Gasteiger partial charge >= 0.3 is 0 Å². The van der Waals surface area contributed by atoms with Crippen LogP contribution in [0, 0.1) is 0 Å². The summed E-state index contributed by atoms with van der Waals surface area (Å²) in [7, 11) is 0. The van der Waals surface area contributed by atoms with Crippen LogP contribution in [0.1, 0.15) is 0 Å². The van der Waals surface area contributed by atoms with Gasteiger partial charge in [-0.05, 0) is 84.7 Å². The molecule has 1 nitrogen and oxygen atoms in total. The third kappa shape index (κ3) is 2.70.